The average Bonchev–Trinajstić information content (AvgIpc) is 3.15. The van der Waals surface area contributed by atoms with Gasteiger partial charge in [-0.05, 0) is 56.2 Å². The minimum Gasteiger partial charge on any atom is -0.493 e. The Hall–Kier alpha value is -2.75. The lowest BCUT2D eigenvalue weighted by Gasteiger charge is -2.21. The van der Waals surface area contributed by atoms with Crippen LogP contribution < -0.4 is 14.8 Å². The Morgan fingerprint density at radius 1 is 1.25 bits per heavy atom. The summed E-state index contributed by atoms with van der Waals surface area (Å²) in [6.07, 6.45) is 3.96. The lowest BCUT2D eigenvalue weighted by atomic mass is 10.00. The quantitative estimate of drug-likeness (QED) is 0.652. The van der Waals surface area contributed by atoms with Crippen molar-refractivity contribution in [1.82, 2.24) is 5.32 Å². The van der Waals surface area contributed by atoms with Gasteiger partial charge in [0.05, 0.1) is 25.3 Å². The summed E-state index contributed by atoms with van der Waals surface area (Å²) in [5.74, 6) is 0.388. The van der Waals surface area contributed by atoms with Gasteiger partial charge in [-0.15, -0.1) is 0 Å². The molecule has 1 N–H and O–H groups in total. The molecule has 0 radical (unpaired) electrons. The number of hydrogen-bond donors (Lipinski definition) is 1. The highest BCUT2D eigenvalue weighted by Crippen LogP contribution is 2.29. The van der Waals surface area contributed by atoms with Gasteiger partial charge in [-0.2, -0.15) is 5.26 Å². The second kappa shape index (κ2) is 9.98. The number of hydrogen-bond acceptors (Lipinski definition) is 6. The van der Waals surface area contributed by atoms with E-state index in [9.17, 15) is 14.9 Å². The van der Waals surface area contributed by atoms with Crippen LogP contribution in [-0.2, 0) is 9.53 Å². The van der Waals surface area contributed by atoms with Crippen LogP contribution in [0.3, 0.4) is 0 Å². The fraction of sp³-hybridized carbons (Fsp3) is 0.571. The van der Waals surface area contributed by atoms with Gasteiger partial charge in [-0.1, -0.05) is 13.8 Å². The van der Waals surface area contributed by atoms with Crippen molar-refractivity contribution in [3.63, 3.8) is 0 Å². The van der Waals surface area contributed by atoms with Gasteiger partial charge in [0.25, 0.3) is 5.91 Å². The molecule has 2 rings (SSSR count). The van der Waals surface area contributed by atoms with E-state index < -0.39 is 24.0 Å². The molecule has 0 heterocycles. The predicted octanol–water partition coefficient (Wildman–Crippen LogP) is 3.23. The van der Waals surface area contributed by atoms with Crippen molar-refractivity contribution in [2.75, 3.05) is 20.3 Å². The summed E-state index contributed by atoms with van der Waals surface area (Å²) in [6, 6.07) is 6.92. The van der Waals surface area contributed by atoms with Gasteiger partial charge in [0.15, 0.2) is 18.1 Å². The second-order valence-corrected chi connectivity index (χ2v) is 7.42. The molecule has 7 nitrogen and oxygen atoms in total. The second-order valence-electron chi connectivity index (χ2n) is 7.42. The first-order valence-electron chi connectivity index (χ1n) is 9.59. The SMILES string of the molecule is COc1cc(C(=O)OCC(=O)NC2(C#N)CCCC2)ccc1OCCC(C)C. The molecule has 28 heavy (non-hydrogen) atoms. The molecule has 0 spiro atoms. The van der Waals surface area contributed by atoms with E-state index in [-0.39, 0.29) is 5.56 Å². The van der Waals surface area contributed by atoms with E-state index in [0.717, 1.165) is 19.3 Å². The molecule has 0 unspecified atom stereocenters. The van der Waals surface area contributed by atoms with E-state index in [1.54, 1.807) is 12.1 Å². The molecule has 1 amide bonds. The molecule has 1 aliphatic rings. The number of carbonyl (C=O) groups excluding carboxylic acids is 2. The maximum Gasteiger partial charge on any atom is 0.338 e. The molecule has 7 heteroatoms. The van der Waals surface area contributed by atoms with Gasteiger partial charge in [-0.3, -0.25) is 4.79 Å². The van der Waals surface area contributed by atoms with Crippen molar-refractivity contribution in [3.05, 3.63) is 23.8 Å². The highest BCUT2D eigenvalue weighted by molar-refractivity contribution is 5.92. The van der Waals surface area contributed by atoms with Gasteiger partial charge in [0.1, 0.15) is 5.54 Å². The summed E-state index contributed by atoms with van der Waals surface area (Å²) >= 11 is 0. The van der Waals surface area contributed by atoms with E-state index in [2.05, 4.69) is 25.2 Å². The van der Waals surface area contributed by atoms with E-state index in [1.807, 2.05) is 0 Å². The molecule has 0 atom stereocenters. The van der Waals surface area contributed by atoms with Crippen LogP contribution in [0.2, 0.25) is 0 Å². The third kappa shape index (κ3) is 5.88. The molecule has 0 bridgehead atoms. The van der Waals surface area contributed by atoms with Crippen LogP contribution in [0.4, 0.5) is 0 Å². The predicted molar refractivity (Wildman–Crippen MR) is 103 cm³/mol. The van der Waals surface area contributed by atoms with Gasteiger partial charge in [-0.25, -0.2) is 4.79 Å². The first kappa shape index (κ1) is 21.5. The highest BCUT2D eigenvalue weighted by atomic mass is 16.5. The first-order chi connectivity index (χ1) is 13.4. The molecule has 1 aliphatic carbocycles. The lowest BCUT2D eigenvalue weighted by molar-refractivity contribution is -0.125. The molecule has 1 fully saturated rings. The Morgan fingerprint density at radius 2 is 1.96 bits per heavy atom. The van der Waals surface area contributed by atoms with Gasteiger partial charge < -0.3 is 19.5 Å². The van der Waals surface area contributed by atoms with Gasteiger partial charge in [0.2, 0.25) is 0 Å². The lowest BCUT2D eigenvalue weighted by Crippen LogP contribution is -2.46. The fourth-order valence-corrected chi connectivity index (χ4v) is 3.08. The summed E-state index contributed by atoms with van der Waals surface area (Å²) in [6.45, 7) is 4.35. The van der Waals surface area contributed by atoms with E-state index in [4.69, 9.17) is 14.2 Å². The Balaban J connectivity index is 1.91. The Morgan fingerprint density at radius 3 is 2.57 bits per heavy atom. The third-order valence-corrected chi connectivity index (χ3v) is 4.74. The number of carbonyl (C=O) groups is 2. The average molecular weight is 388 g/mol. The number of ether oxygens (including phenoxy) is 3. The number of nitriles is 1. The Kier molecular flexibility index (Phi) is 7.68. The van der Waals surface area contributed by atoms with Crippen LogP contribution in [0.25, 0.3) is 0 Å². The van der Waals surface area contributed by atoms with Crippen molar-refractivity contribution in [3.8, 4) is 17.6 Å². The zero-order valence-electron chi connectivity index (χ0n) is 16.7. The van der Waals surface area contributed by atoms with Crippen molar-refractivity contribution in [1.29, 1.82) is 5.26 Å². The molecule has 1 saturated carbocycles. The number of methoxy groups -OCH3 is 1. The standard InChI is InChI=1S/C21H28N2O5/c1-15(2)8-11-27-17-7-6-16(12-18(17)26-3)20(25)28-13-19(24)23-21(14-22)9-4-5-10-21/h6-7,12,15H,4-5,8-11,13H2,1-3H3,(H,23,24). The first-order valence-corrected chi connectivity index (χ1v) is 9.59. The van der Waals surface area contributed by atoms with E-state index in [1.165, 1.54) is 13.2 Å². The third-order valence-electron chi connectivity index (χ3n) is 4.74. The maximum atomic E-state index is 12.3. The number of rotatable bonds is 9. The maximum absolute atomic E-state index is 12.3. The number of esters is 1. The summed E-state index contributed by atoms with van der Waals surface area (Å²) < 4.78 is 16.1. The van der Waals surface area contributed by atoms with Crippen LogP contribution in [0.1, 0.15) is 56.3 Å². The molecular formula is C21H28N2O5. The van der Waals surface area contributed by atoms with Gasteiger partial charge >= 0.3 is 5.97 Å². The highest BCUT2D eigenvalue weighted by Gasteiger charge is 2.35. The van der Waals surface area contributed by atoms with Crippen molar-refractivity contribution >= 4 is 11.9 Å². The Labute approximate surface area is 166 Å². The minimum atomic E-state index is -0.832. The van der Waals surface area contributed by atoms with Crippen LogP contribution in [-0.4, -0.2) is 37.7 Å². The van der Waals surface area contributed by atoms with Crippen molar-refractivity contribution in [2.45, 2.75) is 51.5 Å². The molecule has 0 aliphatic heterocycles. The largest absolute Gasteiger partial charge is 0.493 e. The molecular weight excluding hydrogens is 360 g/mol. The van der Waals surface area contributed by atoms with E-state index in [0.29, 0.717) is 36.9 Å². The Bertz CT molecular complexity index is 733. The van der Waals surface area contributed by atoms with Crippen LogP contribution >= 0.6 is 0 Å². The number of amides is 1. The molecule has 0 aromatic heterocycles. The van der Waals surface area contributed by atoms with Crippen molar-refractivity contribution in [2.24, 2.45) is 5.92 Å². The monoisotopic (exact) mass is 388 g/mol. The normalized spacial score (nSPS) is 15.0. The summed E-state index contributed by atoms with van der Waals surface area (Å²) in [5, 5.41) is 12.0. The summed E-state index contributed by atoms with van der Waals surface area (Å²) in [7, 11) is 1.50. The van der Waals surface area contributed by atoms with Crippen LogP contribution in [0.5, 0.6) is 11.5 Å². The number of nitrogens with zero attached hydrogens (tertiary/aromatic N) is 1. The summed E-state index contributed by atoms with van der Waals surface area (Å²) in [4.78, 5) is 24.3. The minimum absolute atomic E-state index is 0.261. The smallest absolute Gasteiger partial charge is 0.338 e. The molecule has 0 saturated heterocycles. The summed E-state index contributed by atoms with van der Waals surface area (Å²) in [5.41, 5.74) is -0.571. The molecule has 152 valence electrons. The van der Waals surface area contributed by atoms with Crippen LogP contribution in [0.15, 0.2) is 18.2 Å². The van der Waals surface area contributed by atoms with Crippen molar-refractivity contribution < 1.29 is 23.8 Å². The van der Waals surface area contributed by atoms with Gasteiger partial charge in [0, 0.05) is 0 Å². The molecule has 1 aromatic carbocycles. The molecule has 1 aromatic rings. The number of nitrogens with one attached hydrogen (secondary N) is 1. The topological polar surface area (TPSA) is 97.6 Å². The van der Waals surface area contributed by atoms with E-state index >= 15 is 0 Å². The zero-order valence-corrected chi connectivity index (χ0v) is 16.7. The van der Waals surface area contributed by atoms with Crippen LogP contribution in [0, 0.1) is 17.2 Å². The fourth-order valence-electron chi connectivity index (χ4n) is 3.08. The number of benzene rings is 1. The zero-order chi connectivity index (χ0) is 20.6.